The van der Waals surface area contributed by atoms with Crippen LogP contribution in [0.3, 0.4) is 0 Å². The summed E-state index contributed by atoms with van der Waals surface area (Å²) in [7, 11) is 0. The van der Waals surface area contributed by atoms with E-state index >= 15 is 0 Å². The van der Waals surface area contributed by atoms with Gasteiger partial charge in [0.2, 0.25) is 0 Å². The van der Waals surface area contributed by atoms with Crippen molar-refractivity contribution in [2.45, 2.75) is 24.9 Å². The van der Waals surface area contributed by atoms with Gasteiger partial charge in [0.05, 0.1) is 22.5 Å². The van der Waals surface area contributed by atoms with Crippen LogP contribution in [0.4, 0.5) is 17.6 Å². The maximum Gasteiger partial charge on any atom is 0.416 e. The summed E-state index contributed by atoms with van der Waals surface area (Å²) >= 11 is 3.30. The summed E-state index contributed by atoms with van der Waals surface area (Å²) in [5.74, 6) is -1.22. The number of pyridine rings is 1. The fraction of sp³-hybridized carbons (Fsp3) is 0.211. The molecular weight excluding hydrogens is 456 g/mol. The van der Waals surface area contributed by atoms with E-state index in [4.69, 9.17) is 5.73 Å². The molecule has 0 spiro atoms. The van der Waals surface area contributed by atoms with Crippen molar-refractivity contribution < 1.29 is 22.4 Å². The molecule has 0 bridgehead atoms. The Kier molecular flexibility index (Phi) is 5.74. The van der Waals surface area contributed by atoms with Crippen LogP contribution in [-0.4, -0.2) is 20.7 Å². The monoisotopic (exact) mass is 470 g/mol. The topological polar surface area (TPSA) is 73.8 Å². The molecule has 152 valence electrons. The molecule has 0 atom stereocenters. The van der Waals surface area contributed by atoms with Crippen molar-refractivity contribution in [1.29, 1.82) is 0 Å². The number of alkyl halides is 4. The third-order valence-corrected chi connectivity index (χ3v) is 4.78. The van der Waals surface area contributed by atoms with Gasteiger partial charge in [-0.05, 0) is 54.8 Å². The van der Waals surface area contributed by atoms with Crippen molar-refractivity contribution in [2.75, 3.05) is 0 Å². The van der Waals surface area contributed by atoms with Crippen LogP contribution in [-0.2, 0) is 17.9 Å². The van der Waals surface area contributed by atoms with Gasteiger partial charge in [-0.25, -0.2) is 14.1 Å². The second-order valence-corrected chi connectivity index (χ2v) is 6.92. The molecule has 0 saturated heterocycles. The quantitative estimate of drug-likeness (QED) is 0.445. The van der Waals surface area contributed by atoms with E-state index < -0.39 is 23.5 Å². The minimum absolute atomic E-state index is 0.0585. The summed E-state index contributed by atoms with van der Waals surface area (Å²) < 4.78 is 53.9. The summed E-state index contributed by atoms with van der Waals surface area (Å²) in [6, 6.07) is 5.66. The van der Waals surface area contributed by atoms with Gasteiger partial charge in [0.1, 0.15) is 5.82 Å². The first-order chi connectivity index (χ1) is 13.6. The molecule has 0 fully saturated rings. The van der Waals surface area contributed by atoms with Gasteiger partial charge < -0.3 is 5.73 Å². The smallest absolute Gasteiger partial charge is 0.365 e. The third kappa shape index (κ3) is 4.47. The molecule has 0 unspecified atom stereocenters. The number of hydrogen-bond donors (Lipinski definition) is 1. The van der Waals surface area contributed by atoms with Crippen LogP contribution < -0.4 is 5.73 Å². The van der Waals surface area contributed by atoms with Gasteiger partial charge in [-0.3, -0.25) is 4.79 Å². The Bertz CT molecular complexity index is 1080. The Morgan fingerprint density at radius 2 is 1.93 bits per heavy atom. The molecule has 1 amide bonds. The van der Waals surface area contributed by atoms with Crippen molar-refractivity contribution in [1.82, 2.24) is 14.8 Å². The molecule has 0 aliphatic carbocycles. The van der Waals surface area contributed by atoms with Crippen molar-refractivity contribution in [3.63, 3.8) is 0 Å². The lowest BCUT2D eigenvalue weighted by Gasteiger charge is -2.11. The van der Waals surface area contributed by atoms with Crippen molar-refractivity contribution in [2.24, 2.45) is 5.73 Å². The van der Waals surface area contributed by atoms with E-state index in [9.17, 15) is 22.4 Å². The largest absolute Gasteiger partial charge is 0.416 e. The Balaban J connectivity index is 1.99. The fourth-order valence-electron chi connectivity index (χ4n) is 3.05. The summed E-state index contributed by atoms with van der Waals surface area (Å²) in [5.41, 5.74) is 6.35. The average molecular weight is 471 g/mol. The number of primary amides is 1. The van der Waals surface area contributed by atoms with Crippen LogP contribution in [0.1, 0.15) is 38.4 Å². The van der Waals surface area contributed by atoms with E-state index in [1.54, 1.807) is 19.1 Å². The zero-order valence-corrected chi connectivity index (χ0v) is 16.7. The molecule has 10 heteroatoms. The Morgan fingerprint density at radius 3 is 2.55 bits per heavy atom. The van der Waals surface area contributed by atoms with Gasteiger partial charge in [-0.1, -0.05) is 15.9 Å². The van der Waals surface area contributed by atoms with Crippen molar-refractivity contribution >= 4 is 21.8 Å². The maximum atomic E-state index is 13.7. The summed E-state index contributed by atoms with van der Waals surface area (Å²) in [6.07, 6.45) is -3.11. The first-order valence-electron chi connectivity index (χ1n) is 8.36. The second-order valence-electron chi connectivity index (χ2n) is 6.36. The van der Waals surface area contributed by atoms with Crippen LogP contribution in [0.5, 0.6) is 0 Å². The van der Waals surface area contributed by atoms with Gasteiger partial charge in [0.15, 0.2) is 5.82 Å². The Labute approximate surface area is 171 Å². The van der Waals surface area contributed by atoms with E-state index in [2.05, 4.69) is 26.0 Å². The Morgan fingerprint density at radius 1 is 1.21 bits per heavy atom. The van der Waals surface area contributed by atoms with Crippen molar-refractivity contribution in [3.05, 3.63) is 76.0 Å². The molecule has 0 aliphatic rings. The van der Waals surface area contributed by atoms with Crippen LogP contribution in [0.25, 0.3) is 5.82 Å². The van der Waals surface area contributed by atoms with E-state index in [0.717, 1.165) is 12.1 Å². The Hall–Kier alpha value is -2.75. The SMILES string of the molecule is Cc1nn(-c2cc(Cc3cc(F)cc(C(F)(F)F)c3)ccn2)c(CBr)c1C(N)=O. The molecule has 0 aliphatic heterocycles. The van der Waals surface area contributed by atoms with Crippen LogP contribution >= 0.6 is 15.9 Å². The van der Waals surface area contributed by atoms with E-state index in [1.807, 2.05) is 0 Å². The highest BCUT2D eigenvalue weighted by molar-refractivity contribution is 9.08. The number of carbonyl (C=O) groups is 1. The highest BCUT2D eigenvalue weighted by Crippen LogP contribution is 2.31. The number of amides is 1. The van der Waals surface area contributed by atoms with Gasteiger partial charge in [0, 0.05) is 11.5 Å². The van der Waals surface area contributed by atoms with E-state index in [-0.39, 0.29) is 22.9 Å². The zero-order valence-electron chi connectivity index (χ0n) is 15.1. The normalized spacial score (nSPS) is 11.7. The van der Waals surface area contributed by atoms with E-state index in [0.29, 0.717) is 28.8 Å². The molecule has 29 heavy (non-hydrogen) atoms. The number of nitrogens with zero attached hydrogens (tertiary/aromatic N) is 3. The van der Waals surface area contributed by atoms with E-state index in [1.165, 1.54) is 10.9 Å². The lowest BCUT2D eigenvalue weighted by molar-refractivity contribution is -0.137. The second kappa shape index (κ2) is 7.94. The molecule has 2 heterocycles. The molecule has 5 nitrogen and oxygen atoms in total. The lowest BCUT2D eigenvalue weighted by atomic mass is 10.0. The molecule has 3 aromatic rings. The van der Waals surface area contributed by atoms with Gasteiger partial charge >= 0.3 is 6.18 Å². The van der Waals surface area contributed by atoms with Gasteiger partial charge in [-0.2, -0.15) is 18.3 Å². The number of benzene rings is 1. The number of rotatable bonds is 5. The predicted octanol–water partition coefficient (Wildman–Crippen LogP) is 4.32. The zero-order chi connectivity index (χ0) is 21.3. The van der Waals surface area contributed by atoms with Crippen molar-refractivity contribution in [3.8, 4) is 5.82 Å². The number of halogens is 5. The third-order valence-electron chi connectivity index (χ3n) is 4.25. The van der Waals surface area contributed by atoms with Crippen LogP contribution in [0, 0.1) is 12.7 Å². The standard InChI is InChI=1S/C19H15BrF4N4O/c1-10-17(18(25)29)15(9-20)28(27-10)16-7-11(2-3-26-16)4-12-5-13(19(22,23)24)8-14(21)6-12/h2-3,5-8H,4,9H2,1H3,(H2,25,29). The maximum absolute atomic E-state index is 13.7. The van der Waals surface area contributed by atoms with Crippen LogP contribution in [0.2, 0.25) is 0 Å². The number of nitrogens with two attached hydrogens (primary N) is 1. The predicted molar refractivity (Wildman–Crippen MR) is 101 cm³/mol. The average Bonchev–Trinajstić information content (AvgIpc) is 2.97. The fourth-order valence-corrected chi connectivity index (χ4v) is 3.56. The number of carbonyl (C=O) groups excluding carboxylic acids is 1. The molecule has 1 aromatic carbocycles. The molecular formula is C19H15BrF4N4O. The first kappa shape index (κ1) is 21.0. The highest BCUT2D eigenvalue weighted by atomic mass is 79.9. The first-order valence-corrected chi connectivity index (χ1v) is 9.48. The molecule has 0 radical (unpaired) electrons. The molecule has 2 aromatic heterocycles. The van der Waals surface area contributed by atoms with Gasteiger partial charge in [-0.15, -0.1) is 0 Å². The van der Waals surface area contributed by atoms with Gasteiger partial charge in [0.25, 0.3) is 5.91 Å². The molecule has 2 N–H and O–H groups in total. The summed E-state index contributed by atoms with van der Waals surface area (Å²) in [5, 5.41) is 4.58. The number of aryl methyl sites for hydroxylation is 1. The van der Waals surface area contributed by atoms with Crippen LogP contribution in [0.15, 0.2) is 36.5 Å². The minimum atomic E-state index is -4.64. The summed E-state index contributed by atoms with van der Waals surface area (Å²) in [4.78, 5) is 15.9. The minimum Gasteiger partial charge on any atom is -0.365 e. The highest BCUT2D eigenvalue weighted by Gasteiger charge is 2.31. The number of aromatic nitrogens is 3. The lowest BCUT2D eigenvalue weighted by Crippen LogP contribution is -2.14. The number of hydrogen-bond acceptors (Lipinski definition) is 3. The molecule has 3 rings (SSSR count). The molecule has 0 saturated carbocycles. The summed E-state index contributed by atoms with van der Waals surface area (Å²) in [6.45, 7) is 1.64.